The van der Waals surface area contributed by atoms with Crippen LogP contribution in [-0.4, -0.2) is 18.1 Å². The maximum absolute atomic E-state index is 5.17. The van der Waals surface area contributed by atoms with E-state index < -0.39 is 0 Å². The number of aromatic nitrogens is 1. The van der Waals surface area contributed by atoms with E-state index in [4.69, 9.17) is 4.74 Å². The van der Waals surface area contributed by atoms with Crippen LogP contribution in [0.2, 0.25) is 0 Å². The molecule has 118 valence electrons. The molecular formula is C18H30N2O. The van der Waals surface area contributed by atoms with E-state index in [-0.39, 0.29) is 0 Å². The first-order valence-electron chi connectivity index (χ1n) is 8.28. The van der Waals surface area contributed by atoms with Crippen LogP contribution >= 0.6 is 0 Å². The quantitative estimate of drug-likeness (QED) is 0.853. The molecule has 1 aromatic rings. The first-order chi connectivity index (χ1) is 10.0. The standard InChI is InChI=1S/C18H30N2O/c1-5-18(2,3)14-9-11-15(12-10-14)19-13-16-7-6-8-17(20-16)21-4/h6-8,14-15,19H,5,9-13H2,1-4H3. The van der Waals surface area contributed by atoms with Crippen molar-refractivity contribution in [2.24, 2.45) is 11.3 Å². The lowest BCUT2D eigenvalue weighted by Crippen LogP contribution is -2.36. The molecule has 1 aliphatic carbocycles. The average molecular weight is 290 g/mol. The van der Waals surface area contributed by atoms with Crippen molar-refractivity contribution in [3.8, 4) is 5.88 Å². The Morgan fingerprint density at radius 2 is 1.95 bits per heavy atom. The zero-order valence-corrected chi connectivity index (χ0v) is 14.0. The number of ether oxygens (including phenoxy) is 1. The molecule has 0 amide bonds. The van der Waals surface area contributed by atoms with E-state index in [0.29, 0.717) is 17.3 Å². The highest BCUT2D eigenvalue weighted by molar-refractivity contribution is 5.15. The minimum absolute atomic E-state index is 0.499. The Hall–Kier alpha value is -1.09. The molecule has 1 aromatic heterocycles. The van der Waals surface area contributed by atoms with Crippen LogP contribution in [-0.2, 0) is 6.54 Å². The molecule has 0 aromatic carbocycles. The lowest BCUT2D eigenvalue weighted by Gasteiger charge is -2.39. The van der Waals surface area contributed by atoms with Gasteiger partial charge in [0.15, 0.2) is 0 Å². The van der Waals surface area contributed by atoms with E-state index >= 15 is 0 Å². The molecule has 0 bridgehead atoms. The maximum atomic E-state index is 5.17. The fourth-order valence-electron chi connectivity index (χ4n) is 3.29. The largest absolute Gasteiger partial charge is 0.481 e. The van der Waals surface area contributed by atoms with Gasteiger partial charge in [-0.2, -0.15) is 0 Å². The SMILES string of the molecule is CCC(C)(C)C1CCC(NCc2cccc(OC)n2)CC1. The van der Waals surface area contributed by atoms with Crippen LogP contribution in [0.15, 0.2) is 18.2 Å². The van der Waals surface area contributed by atoms with Gasteiger partial charge in [-0.05, 0) is 43.1 Å². The van der Waals surface area contributed by atoms with Crippen molar-refractivity contribution in [1.82, 2.24) is 10.3 Å². The summed E-state index contributed by atoms with van der Waals surface area (Å²) < 4.78 is 5.17. The summed E-state index contributed by atoms with van der Waals surface area (Å²) in [6.07, 6.45) is 6.56. The van der Waals surface area contributed by atoms with Gasteiger partial charge in [-0.3, -0.25) is 0 Å². The van der Waals surface area contributed by atoms with Crippen LogP contribution in [0, 0.1) is 11.3 Å². The molecule has 0 unspecified atom stereocenters. The summed E-state index contributed by atoms with van der Waals surface area (Å²) in [7, 11) is 1.66. The van der Waals surface area contributed by atoms with Gasteiger partial charge in [-0.25, -0.2) is 4.98 Å². The fraction of sp³-hybridized carbons (Fsp3) is 0.722. The first kappa shape index (κ1) is 16.3. The van der Waals surface area contributed by atoms with Crippen molar-refractivity contribution in [2.45, 2.75) is 65.5 Å². The van der Waals surface area contributed by atoms with Gasteiger partial charge < -0.3 is 10.1 Å². The molecule has 3 nitrogen and oxygen atoms in total. The summed E-state index contributed by atoms with van der Waals surface area (Å²) in [6, 6.07) is 6.59. The third kappa shape index (κ3) is 4.44. The molecule has 1 N–H and O–H groups in total. The third-order valence-electron chi connectivity index (χ3n) is 5.31. The Kier molecular flexibility index (Phi) is 5.63. The molecule has 1 heterocycles. The normalized spacial score (nSPS) is 23.0. The number of nitrogens with one attached hydrogen (secondary N) is 1. The van der Waals surface area contributed by atoms with Gasteiger partial charge in [-0.15, -0.1) is 0 Å². The van der Waals surface area contributed by atoms with Gasteiger partial charge >= 0.3 is 0 Å². The zero-order valence-electron chi connectivity index (χ0n) is 14.0. The predicted molar refractivity (Wildman–Crippen MR) is 87.4 cm³/mol. The lowest BCUT2D eigenvalue weighted by molar-refractivity contribution is 0.136. The van der Waals surface area contributed by atoms with Crippen molar-refractivity contribution < 1.29 is 4.74 Å². The van der Waals surface area contributed by atoms with Crippen molar-refractivity contribution >= 4 is 0 Å². The minimum atomic E-state index is 0.499. The monoisotopic (exact) mass is 290 g/mol. The van der Waals surface area contributed by atoms with Crippen molar-refractivity contribution in [2.75, 3.05) is 7.11 Å². The second-order valence-electron chi connectivity index (χ2n) is 6.94. The highest BCUT2D eigenvalue weighted by Gasteiger charge is 2.31. The lowest BCUT2D eigenvalue weighted by atomic mass is 9.69. The fourth-order valence-corrected chi connectivity index (χ4v) is 3.29. The van der Waals surface area contributed by atoms with Crippen LogP contribution in [0.1, 0.15) is 58.6 Å². The molecule has 1 fully saturated rings. The highest BCUT2D eigenvalue weighted by atomic mass is 16.5. The van der Waals surface area contributed by atoms with Crippen LogP contribution in [0.5, 0.6) is 5.88 Å². The number of nitrogens with zero attached hydrogens (tertiary/aromatic N) is 1. The molecule has 0 saturated heterocycles. The van der Waals surface area contributed by atoms with Crippen LogP contribution in [0.4, 0.5) is 0 Å². The van der Waals surface area contributed by atoms with E-state index in [1.165, 1.54) is 32.1 Å². The molecule has 21 heavy (non-hydrogen) atoms. The second kappa shape index (κ2) is 7.26. The van der Waals surface area contributed by atoms with Gasteiger partial charge in [0.25, 0.3) is 0 Å². The smallest absolute Gasteiger partial charge is 0.213 e. The van der Waals surface area contributed by atoms with E-state index in [1.807, 2.05) is 12.1 Å². The van der Waals surface area contributed by atoms with Crippen molar-refractivity contribution in [3.05, 3.63) is 23.9 Å². The second-order valence-corrected chi connectivity index (χ2v) is 6.94. The number of rotatable bonds is 6. The molecule has 0 spiro atoms. The zero-order chi connectivity index (χ0) is 15.3. The average Bonchev–Trinajstić information content (AvgIpc) is 2.53. The maximum Gasteiger partial charge on any atom is 0.213 e. The summed E-state index contributed by atoms with van der Waals surface area (Å²) >= 11 is 0. The molecular weight excluding hydrogens is 260 g/mol. The van der Waals surface area contributed by atoms with Gasteiger partial charge in [-0.1, -0.05) is 33.3 Å². The summed E-state index contributed by atoms with van der Waals surface area (Å²) in [5.74, 6) is 1.58. The Morgan fingerprint density at radius 1 is 1.24 bits per heavy atom. The van der Waals surface area contributed by atoms with Crippen LogP contribution in [0.25, 0.3) is 0 Å². The molecule has 1 saturated carbocycles. The predicted octanol–water partition coefficient (Wildman–Crippen LogP) is 4.17. The molecule has 1 aliphatic rings. The van der Waals surface area contributed by atoms with Gasteiger partial charge in [0.2, 0.25) is 5.88 Å². The van der Waals surface area contributed by atoms with Crippen LogP contribution in [0.3, 0.4) is 0 Å². The Bertz CT molecular complexity index is 437. The highest BCUT2D eigenvalue weighted by Crippen LogP contribution is 2.40. The molecule has 3 heteroatoms. The first-order valence-corrected chi connectivity index (χ1v) is 8.28. The summed E-state index contributed by atoms with van der Waals surface area (Å²) in [4.78, 5) is 4.46. The molecule has 0 aliphatic heterocycles. The van der Waals surface area contributed by atoms with E-state index in [2.05, 4.69) is 37.1 Å². The van der Waals surface area contributed by atoms with Crippen molar-refractivity contribution in [3.63, 3.8) is 0 Å². The number of pyridine rings is 1. The number of hydrogen-bond donors (Lipinski definition) is 1. The van der Waals surface area contributed by atoms with E-state index in [0.717, 1.165) is 18.2 Å². The number of hydrogen-bond acceptors (Lipinski definition) is 3. The van der Waals surface area contributed by atoms with E-state index in [9.17, 15) is 0 Å². The Labute approximate surface area is 129 Å². The minimum Gasteiger partial charge on any atom is -0.481 e. The van der Waals surface area contributed by atoms with Crippen molar-refractivity contribution in [1.29, 1.82) is 0 Å². The molecule has 0 atom stereocenters. The number of methoxy groups -OCH3 is 1. The van der Waals surface area contributed by atoms with E-state index in [1.54, 1.807) is 7.11 Å². The Morgan fingerprint density at radius 3 is 2.57 bits per heavy atom. The summed E-state index contributed by atoms with van der Waals surface area (Å²) in [5.41, 5.74) is 1.56. The third-order valence-corrected chi connectivity index (χ3v) is 5.31. The summed E-state index contributed by atoms with van der Waals surface area (Å²) in [5, 5.41) is 3.66. The molecule has 2 rings (SSSR count). The van der Waals surface area contributed by atoms with Gasteiger partial charge in [0, 0.05) is 18.7 Å². The molecule has 0 radical (unpaired) electrons. The summed E-state index contributed by atoms with van der Waals surface area (Å²) in [6.45, 7) is 8.00. The Balaban J connectivity index is 1.78. The van der Waals surface area contributed by atoms with Crippen LogP contribution < -0.4 is 10.1 Å². The topological polar surface area (TPSA) is 34.1 Å². The van der Waals surface area contributed by atoms with Gasteiger partial charge in [0.05, 0.1) is 12.8 Å². The van der Waals surface area contributed by atoms with Gasteiger partial charge in [0.1, 0.15) is 0 Å².